The topological polar surface area (TPSA) is 49.4 Å². The van der Waals surface area contributed by atoms with Crippen LogP contribution in [0.2, 0.25) is 0 Å². The molecule has 1 aromatic carbocycles. The molecule has 0 spiro atoms. The highest BCUT2D eigenvalue weighted by Gasteiger charge is 2.13. The maximum absolute atomic E-state index is 11.9. The molecule has 0 saturated heterocycles. The lowest BCUT2D eigenvalue weighted by atomic mass is 10.1. The second-order valence-electron chi connectivity index (χ2n) is 4.03. The fraction of sp³-hybridized carbons (Fsp3) is 0.385. The minimum absolute atomic E-state index is 0.0349. The lowest BCUT2D eigenvalue weighted by Gasteiger charge is -2.15. The van der Waals surface area contributed by atoms with E-state index in [-0.39, 0.29) is 18.4 Å². The van der Waals surface area contributed by atoms with Crippen molar-refractivity contribution in [3.8, 4) is 0 Å². The molecule has 0 aliphatic rings. The van der Waals surface area contributed by atoms with Gasteiger partial charge in [-0.2, -0.15) is 0 Å². The average Bonchev–Trinajstić information content (AvgIpc) is 2.37. The van der Waals surface area contributed by atoms with Crippen molar-refractivity contribution in [3.63, 3.8) is 0 Å². The molecule has 1 N–H and O–H groups in total. The fourth-order valence-electron chi connectivity index (χ4n) is 1.39. The van der Waals surface area contributed by atoms with Gasteiger partial charge in [-0.25, -0.2) is 0 Å². The summed E-state index contributed by atoms with van der Waals surface area (Å²) in [7, 11) is 1.71. The Morgan fingerprint density at radius 1 is 1.39 bits per heavy atom. The van der Waals surface area contributed by atoms with Gasteiger partial charge < -0.3 is 10.2 Å². The number of carbonyl (C=O) groups is 2. The second-order valence-corrected chi connectivity index (χ2v) is 5.11. The highest BCUT2D eigenvalue weighted by atomic mass is 127. The molecule has 0 fully saturated rings. The van der Waals surface area contributed by atoms with Gasteiger partial charge in [0.2, 0.25) is 5.91 Å². The van der Waals surface area contributed by atoms with E-state index in [0.29, 0.717) is 12.1 Å². The Balaban J connectivity index is 2.67. The monoisotopic (exact) mass is 360 g/mol. The maximum Gasteiger partial charge on any atom is 0.252 e. The van der Waals surface area contributed by atoms with Crippen LogP contribution in [0.4, 0.5) is 0 Å². The van der Waals surface area contributed by atoms with E-state index in [4.69, 9.17) is 0 Å². The molecule has 5 heteroatoms. The molecule has 0 unspecified atom stereocenters. The molecule has 0 atom stereocenters. The number of carbonyl (C=O) groups excluding carboxylic acids is 2. The Kier molecular flexibility index (Phi) is 5.58. The standard InChI is InChI=1S/C13H17IN2O2/c1-4-16(3)11(17)8-15-13(18)10-7-5-6-9(2)12(10)14/h5-7H,4,8H2,1-3H3,(H,15,18). The molecule has 4 nitrogen and oxygen atoms in total. The summed E-state index contributed by atoms with van der Waals surface area (Å²) in [5.74, 6) is -0.297. The molecule has 0 radical (unpaired) electrons. The van der Waals surface area contributed by atoms with Gasteiger partial charge in [-0.05, 0) is 48.1 Å². The zero-order valence-electron chi connectivity index (χ0n) is 10.8. The molecule has 0 aliphatic heterocycles. The van der Waals surface area contributed by atoms with E-state index in [9.17, 15) is 9.59 Å². The number of benzene rings is 1. The first-order valence-electron chi connectivity index (χ1n) is 5.74. The van der Waals surface area contributed by atoms with Crippen molar-refractivity contribution in [1.29, 1.82) is 0 Å². The zero-order valence-corrected chi connectivity index (χ0v) is 12.9. The first-order valence-corrected chi connectivity index (χ1v) is 6.82. The van der Waals surface area contributed by atoms with Gasteiger partial charge in [0, 0.05) is 17.2 Å². The Morgan fingerprint density at radius 3 is 2.67 bits per heavy atom. The third-order valence-electron chi connectivity index (χ3n) is 2.74. The molecule has 0 heterocycles. The van der Waals surface area contributed by atoms with Gasteiger partial charge in [0.05, 0.1) is 12.1 Å². The number of aryl methyl sites for hydroxylation is 1. The summed E-state index contributed by atoms with van der Waals surface area (Å²) in [5.41, 5.74) is 1.67. The van der Waals surface area contributed by atoms with E-state index in [2.05, 4.69) is 27.9 Å². The van der Waals surface area contributed by atoms with Crippen molar-refractivity contribution < 1.29 is 9.59 Å². The molecule has 0 aliphatic carbocycles. The number of rotatable bonds is 4. The number of hydrogen-bond donors (Lipinski definition) is 1. The van der Waals surface area contributed by atoms with Crippen LogP contribution < -0.4 is 5.32 Å². The van der Waals surface area contributed by atoms with Crippen molar-refractivity contribution >= 4 is 34.4 Å². The first kappa shape index (κ1) is 14.9. The minimum Gasteiger partial charge on any atom is -0.345 e. The molecule has 18 heavy (non-hydrogen) atoms. The molecule has 1 rings (SSSR count). The SMILES string of the molecule is CCN(C)C(=O)CNC(=O)c1cccc(C)c1I. The van der Waals surface area contributed by atoms with Crippen LogP contribution in [-0.2, 0) is 4.79 Å². The smallest absolute Gasteiger partial charge is 0.252 e. The third kappa shape index (κ3) is 3.69. The van der Waals surface area contributed by atoms with Crippen molar-refractivity contribution in [2.75, 3.05) is 20.1 Å². The minimum atomic E-state index is -0.207. The maximum atomic E-state index is 11.9. The molecule has 0 saturated carbocycles. The van der Waals surface area contributed by atoms with Crippen LogP contribution in [0.1, 0.15) is 22.8 Å². The predicted octanol–water partition coefficient (Wildman–Crippen LogP) is 1.81. The summed E-state index contributed by atoms with van der Waals surface area (Å²) >= 11 is 2.14. The van der Waals surface area contributed by atoms with Gasteiger partial charge in [-0.1, -0.05) is 12.1 Å². The number of nitrogens with one attached hydrogen (secondary N) is 1. The number of halogens is 1. The first-order chi connectivity index (χ1) is 8.47. The average molecular weight is 360 g/mol. The summed E-state index contributed by atoms with van der Waals surface area (Å²) in [4.78, 5) is 25.1. The van der Waals surface area contributed by atoms with Gasteiger partial charge in [-0.15, -0.1) is 0 Å². The Morgan fingerprint density at radius 2 is 2.06 bits per heavy atom. The Hall–Kier alpha value is -1.11. The van der Waals surface area contributed by atoms with Crippen LogP contribution in [0.25, 0.3) is 0 Å². The van der Waals surface area contributed by atoms with Crippen LogP contribution >= 0.6 is 22.6 Å². The third-order valence-corrected chi connectivity index (χ3v) is 4.17. The summed E-state index contributed by atoms with van der Waals surface area (Å²) in [6, 6.07) is 5.55. The van der Waals surface area contributed by atoms with Crippen molar-refractivity contribution in [2.24, 2.45) is 0 Å². The fourth-order valence-corrected chi connectivity index (χ4v) is 1.99. The van der Waals surface area contributed by atoms with E-state index < -0.39 is 0 Å². The molecular weight excluding hydrogens is 343 g/mol. The molecule has 0 bridgehead atoms. The molecule has 98 valence electrons. The quantitative estimate of drug-likeness (QED) is 0.833. The predicted molar refractivity (Wildman–Crippen MR) is 79.5 cm³/mol. The Bertz CT molecular complexity index is 460. The summed E-state index contributed by atoms with van der Waals surface area (Å²) in [6.07, 6.45) is 0. The van der Waals surface area contributed by atoms with Crippen molar-refractivity contribution in [2.45, 2.75) is 13.8 Å². The molecule has 0 aromatic heterocycles. The second kappa shape index (κ2) is 6.72. The molecule has 2 amide bonds. The summed E-state index contributed by atoms with van der Waals surface area (Å²) < 4.78 is 0.920. The van der Waals surface area contributed by atoms with Crippen LogP contribution in [-0.4, -0.2) is 36.9 Å². The van der Waals surface area contributed by atoms with E-state index in [1.165, 1.54) is 0 Å². The van der Waals surface area contributed by atoms with E-state index in [0.717, 1.165) is 9.13 Å². The zero-order chi connectivity index (χ0) is 13.7. The summed E-state index contributed by atoms with van der Waals surface area (Å²) in [5, 5.41) is 2.65. The number of hydrogen-bond acceptors (Lipinski definition) is 2. The van der Waals surface area contributed by atoms with Gasteiger partial charge in [-0.3, -0.25) is 9.59 Å². The van der Waals surface area contributed by atoms with E-state index in [1.807, 2.05) is 26.0 Å². The normalized spacial score (nSPS) is 10.0. The molecular formula is C13H17IN2O2. The Labute approximate surface area is 121 Å². The van der Waals surface area contributed by atoms with Crippen molar-refractivity contribution in [1.82, 2.24) is 10.2 Å². The van der Waals surface area contributed by atoms with E-state index >= 15 is 0 Å². The number of likely N-dealkylation sites (N-methyl/N-ethyl adjacent to an activating group) is 1. The highest BCUT2D eigenvalue weighted by Crippen LogP contribution is 2.16. The van der Waals surface area contributed by atoms with Gasteiger partial charge in [0.15, 0.2) is 0 Å². The number of nitrogens with zero attached hydrogens (tertiary/aromatic N) is 1. The lowest BCUT2D eigenvalue weighted by molar-refractivity contribution is -0.128. The van der Waals surface area contributed by atoms with Crippen LogP contribution in [0.3, 0.4) is 0 Å². The largest absolute Gasteiger partial charge is 0.345 e. The molecule has 1 aromatic rings. The van der Waals surface area contributed by atoms with Crippen molar-refractivity contribution in [3.05, 3.63) is 32.9 Å². The van der Waals surface area contributed by atoms with Crippen LogP contribution in [0.15, 0.2) is 18.2 Å². The highest BCUT2D eigenvalue weighted by molar-refractivity contribution is 14.1. The van der Waals surface area contributed by atoms with Gasteiger partial charge in [0.25, 0.3) is 5.91 Å². The van der Waals surface area contributed by atoms with Gasteiger partial charge >= 0.3 is 0 Å². The van der Waals surface area contributed by atoms with Crippen LogP contribution in [0, 0.1) is 10.5 Å². The number of amides is 2. The van der Waals surface area contributed by atoms with E-state index in [1.54, 1.807) is 18.0 Å². The van der Waals surface area contributed by atoms with Crippen LogP contribution in [0.5, 0.6) is 0 Å². The summed E-state index contributed by atoms with van der Waals surface area (Å²) in [6.45, 7) is 4.52. The van der Waals surface area contributed by atoms with Gasteiger partial charge in [0.1, 0.15) is 0 Å². The lowest BCUT2D eigenvalue weighted by Crippen LogP contribution is -2.38.